The van der Waals surface area contributed by atoms with Gasteiger partial charge >= 0.3 is 0 Å². The van der Waals surface area contributed by atoms with Crippen LogP contribution in [-0.2, 0) is 4.57 Å². The van der Waals surface area contributed by atoms with Crippen molar-refractivity contribution < 1.29 is 14.2 Å². The highest BCUT2D eigenvalue weighted by molar-refractivity contribution is 8.01. The number of halogens is 6. The van der Waals surface area contributed by atoms with Crippen molar-refractivity contribution in [2.45, 2.75) is 0 Å². The average molecular weight is 541 g/mol. The lowest BCUT2D eigenvalue weighted by Crippen LogP contribution is -2.21. The first-order valence-corrected chi connectivity index (χ1v) is 12.1. The average Bonchev–Trinajstić information content (AvgIpc) is 2.72. The van der Waals surface area contributed by atoms with Crippen molar-refractivity contribution in [3.8, 4) is 0 Å². The maximum absolute atomic E-state index is 14.2. The Kier molecular flexibility index (Phi) is 7.26. The van der Waals surface area contributed by atoms with Crippen molar-refractivity contribution in [1.82, 2.24) is 0 Å². The fourth-order valence-corrected chi connectivity index (χ4v) is 6.90. The monoisotopic (exact) mass is 538 g/mol. The Morgan fingerprint density at radius 3 is 1.57 bits per heavy atom. The molecule has 3 aromatic carbocycles. The molecular weight excluding hydrogens is 532 g/mol. The summed E-state index contributed by atoms with van der Waals surface area (Å²) in [6.07, 6.45) is 0. The molecule has 0 bridgehead atoms. The van der Waals surface area contributed by atoms with Gasteiger partial charge in [0.15, 0.2) is 0 Å². The summed E-state index contributed by atoms with van der Waals surface area (Å²) < 4.78 is 14.2. The first-order chi connectivity index (χ1) is 14.1. The Morgan fingerprint density at radius 1 is 0.600 bits per heavy atom. The molecule has 3 nitrogen and oxygen atoms in total. The third kappa shape index (κ3) is 4.06. The van der Waals surface area contributed by atoms with Gasteiger partial charge in [-0.1, -0.05) is 106 Å². The second-order valence-electron chi connectivity index (χ2n) is 5.99. The summed E-state index contributed by atoms with van der Waals surface area (Å²) in [7, 11) is -4.58. The zero-order valence-corrected chi connectivity index (χ0v) is 20.1. The van der Waals surface area contributed by atoms with Crippen molar-refractivity contribution >= 4 is 93.1 Å². The van der Waals surface area contributed by atoms with E-state index in [1.807, 2.05) is 0 Å². The maximum atomic E-state index is 14.2. The Balaban J connectivity index is 2.35. The van der Waals surface area contributed by atoms with E-state index < -0.39 is 23.8 Å². The van der Waals surface area contributed by atoms with Crippen LogP contribution in [-0.4, -0.2) is 11.0 Å². The van der Waals surface area contributed by atoms with Crippen LogP contribution in [0.15, 0.2) is 54.6 Å². The minimum absolute atomic E-state index is 0.0424. The molecule has 3 aromatic rings. The van der Waals surface area contributed by atoms with Gasteiger partial charge in [-0.05, 0) is 18.2 Å². The summed E-state index contributed by atoms with van der Waals surface area (Å²) in [5.74, 6) is 0. The van der Waals surface area contributed by atoms with E-state index in [0.717, 1.165) is 0 Å². The minimum Gasteiger partial charge on any atom is -0.302 e. The van der Waals surface area contributed by atoms with Crippen LogP contribution < -0.4 is 5.30 Å². The number of carbonyl (C=O) groups excluding carboxylic acids is 2. The van der Waals surface area contributed by atoms with Gasteiger partial charge in [-0.3, -0.25) is 9.59 Å². The zero-order valence-electron chi connectivity index (χ0n) is 14.6. The predicted octanol–water partition coefficient (Wildman–Crippen LogP) is 8.28. The summed E-state index contributed by atoms with van der Waals surface area (Å²) in [6, 6.07) is 13.0. The third-order valence-electron chi connectivity index (χ3n) is 4.19. The SMILES string of the molecule is O=C(c1c(Cl)cccc1Cl)P(=O)(C(=O)c1c(Cl)c(Cl)cc(Cl)c1Cl)c1ccccc1. The van der Waals surface area contributed by atoms with Crippen LogP contribution in [0, 0.1) is 0 Å². The van der Waals surface area contributed by atoms with Crippen LogP contribution in [0.25, 0.3) is 0 Å². The topological polar surface area (TPSA) is 51.2 Å². The lowest BCUT2D eigenvalue weighted by atomic mass is 10.2. The van der Waals surface area contributed by atoms with Crippen LogP contribution in [0.1, 0.15) is 20.7 Å². The van der Waals surface area contributed by atoms with Gasteiger partial charge in [0.2, 0.25) is 18.2 Å². The molecule has 3 rings (SSSR count). The number of benzene rings is 3. The normalized spacial score (nSPS) is 13.0. The van der Waals surface area contributed by atoms with Gasteiger partial charge in [-0.15, -0.1) is 0 Å². The number of hydrogen-bond donors (Lipinski definition) is 0. The van der Waals surface area contributed by atoms with Gasteiger partial charge in [0.1, 0.15) is 0 Å². The van der Waals surface area contributed by atoms with Gasteiger partial charge in [0.05, 0.1) is 41.3 Å². The van der Waals surface area contributed by atoms with Gasteiger partial charge in [0, 0.05) is 5.30 Å². The fraction of sp³-hybridized carbons (Fsp3) is 0. The first-order valence-electron chi connectivity index (χ1n) is 8.13. The number of hydrogen-bond acceptors (Lipinski definition) is 3. The molecule has 0 fully saturated rings. The predicted molar refractivity (Wildman–Crippen MR) is 125 cm³/mol. The zero-order chi connectivity index (χ0) is 22.2. The summed E-state index contributed by atoms with van der Waals surface area (Å²) in [5, 5.41) is -0.875. The summed E-state index contributed by atoms with van der Waals surface area (Å²) in [5.41, 5.74) is -2.85. The molecule has 0 spiro atoms. The Labute approximate surface area is 202 Å². The molecule has 0 heterocycles. The van der Waals surface area contributed by atoms with E-state index in [9.17, 15) is 14.2 Å². The van der Waals surface area contributed by atoms with Crippen LogP contribution in [0.3, 0.4) is 0 Å². The van der Waals surface area contributed by atoms with Gasteiger partial charge < -0.3 is 4.57 Å². The molecule has 30 heavy (non-hydrogen) atoms. The number of rotatable bonds is 5. The Morgan fingerprint density at radius 2 is 1.07 bits per heavy atom. The molecule has 0 saturated heterocycles. The Bertz CT molecular complexity index is 1180. The lowest BCUT2D eigenvalue weighted by Gasteiger charge is -2.19. The van der Waals surface area contributed by atoms with Crippen LogP contribution >= 0.6 is 76.7 Å². The molecule has 0 N–H and O–H groups in total. The Hall–Kier alpha value is -1.03. The van der Waals surface area contributed by atoms with Gasteiger partial charge in [-0.2, -0.15) is 0 Å². The largest absolute Gasteiger partial charge is 0.302 e. The highest BCUT2D eigenvalue weighted by Gasteiger charge is 2.46. The molecule has 10 heteroatoms. The molecule has 0 radical (unpaired) electrons. The first kappa shape index (κ1) is 23.6. The molecule has 0 amide bonds. The highest BCUT2D eigenvalue weighted by Crippen LogP contribution is 2.55. The van der Waals surface area contributed by atoms with E-state index in [0.29, 0.717) is 0 Å². The van der Waals surface area contributed by atoms with E-state index >= 15 is 0 Å². The van der Waals surface area contributed by atoms with Crippen molar-refractivity contribution in [2.24, 2.45) is 0 Å². The van der Waals surface area contributed by atoms with E-state index in [4.69, 9.17) is 69.6 Å². The van der Waals surface area contributed by atoms with Gasteiger partial charge in [-0.25, -0.2) is 0 Å². The molecule has 154 valence electrons. The number of carbonyl (C=O) groups is 2. The molecular formula is C20H9Cl6O3P. The summed E-state index contributed by atoms with van der Waals surface area (Å²) in [6.45, 7) is 0. The second kappa shape index (κ2) is 9.22. The highest BCUT2D eigenvalue weighted by atomic mass is 35.5. The maximum Gasteiger partial charge on any atom is 0.248 e. The standard InChI is InChI=1S/C20H9Cl6O3P/c21-11-7-4-8-12(22)15(11)19(27)30(29,10-5-2-1-3-6-10)20(28)16-17(25)13(23)9-14(24)18(16)26/h1-9H. The van der Waals surface area contributed by atoms with Crippen LogP contribution in [0.2, 0.25) is 30.1 Å². The molecule has 0 aliphatic carbocycles. The molecule has 0 aliphatic rings. The van der Waals surface area contributed by atoms with Crippen molar-refractivity contribution in [3.05, 3.63) is 95.9 Å². The smallest absolute Gasteiger partial charge is 0.248 e. The fourth-order valence-electron chi connectivity index (χ4n) is 2.74. The molecule has 0 saturated carbocycles. The van der Waals surface area contributed by atoms with Crippen molar-refractivity contribution in [1.29, 1.82) is 0 Å². The minimum atomic E-state index is -4.58. The van der Waals surface area contributed by atoms with Crippen molar-refractivity contribution in [3.63, 3.8) is 0 Å². The van der Waals surface area contributed by atoms with Crippen molar-refractivity contribution in [2.75, 3.05) is 0 Å². The molecule has 0 aliphatic heterocycles. The van der Waals surface area contributed by atoms with E-state index in [1.54, 1.807) is 6.07 Å². The van der Waals surface area contributed by atoms with E-state index in [1.165, 1.54) is 48.5 Å². The van der Waals surface area contributed by atoms with E-state index in [-0.39, 0.29) is 41.0 Å². The van der Waals surface area contributed by atoms with Crippen LogP contribution in [0.4, 0.5) is 0 Å². The van der Waals surface area contributed by atoms with Gasteiger partial charge in [0.25, 0.3) is 0 Å². The summed E-state index contributed by atoms with van der Waals surface area (Å²) >= 11 is 36.8. The lowest BCUT2D eigenvalue weighted by molar-refractivity contribution is 0.104. The van der Waals surface area contributed by atoms with E-state index in [2.05, 4.69) is 0 Å². The summed E-state index contributed by atoms with van der Waals surface area (Å²) in [4.78, 5) is 27.1. The quantitative estimate of drug-likeness (QED) is 0.242. The molecule has 1 unspecified atom stereocenters. The second-order valence-corrected chi connectivity index (χ2v) is 10.9. The van der Waals surface area contributed by atoms with Crippen LogP contribution in [0.5, 0.6) is 0 Å². The molecule has 1 atom stereocenters. The third-order valence-corrected chi connectivity index (χ3v) is 9.02. The molecule has 0 aromatic heterocycles.